The van der Waals surface area contributed by atoms with E-state index in [4.69, 9.17) is 5.10 Å². The Bertz CT molecular complexity index is 647. The van der Waals surface area contributed by atoms with Gasteiger partial charge < -0.3 is 4.90 Å². The van der Waals surface area contributed by atoms with Crippen LogP contribution in [0.3, 0.4) is 0 Å². The zero-order valence-electron chi connectivity index (χ0n) is 12.4. The van der Waals surface area contributed by atoms with Crippen LogP contribution in [0.25, 0.3) is 0 Å². The van der Waals surface area contributed by atoms with Crippen LogP contribution >= 0.6 is 0 Å². The average molecular weight is 280 g/mol. The van der Waals surface area contributed by atoms with Gasteiger partial charge in [-0.15, -0.1) is 0 Å². The highest BCUT2D eigenvalue weighted by molar-refractivity contribution is 5.58. The SMILES string of the molecule is CN(Cc1ccn(C2CCCC2)n1)c1ccccc1C#N. The van der Waals surface area contributed by atoms with Crippen molar-refractivity contribution in [2.24, 2.45) is 0 Å². The Morgan fingerprint density at radius 1 is 1.29 bits per heavy atom. The number of benzene rings is 1. The minimum absolute atomic E-state index is 0.579. The van der Waals surface area contributed by atoms with E-state index in [2.05, 4.69) is 27.9 Å². The maximum Gasteiger partial charge on any atom is 0.101 e. The molecule has 0 radical (unpaired) electrons. The molecule has 0 N–H and O–H groups in total. The Labute approximate surface area is 125 Å². The first kappa shape index (κ1) is 13.7. The van der Waals surface area contributed by atoms with Crippen LogP contribution in [0.5, 0.6) is 0 Å². The Hall–Kier alpha value is -2.28. The van der Waals surface area contributed by atoms with E-state index in [1.54, 1.807) is 0 Å². The van der Waals surface area contributed by atoms with E-state index in [1.807, 2.05) is 31.3 Å². The van der Waals surface area contributed by atoms with Gasteiger partial charge in [0, 0.05) is 13.2 Å². The normalized spacial score (nSPS) is 15.0. The van der Waals surface area contributed by atoms with Gasteiger partial charge in [0.25, 0.3) is 0 Å². The van der Waals surface area contributed by atoms with E-state index in [9.17, 15) is 5.26 Å². The molecule has 1 aliphatic carbocycles. The second-order valence-corrected chi connectivity index (χ2v) is 5.71. The molecule has 1 aromatic carbocycles. The number of para-hydroxylation sites is 1. The number of hydrogen-bond donors (Lipinski definition) is 0. The molecule has 4 heteroatoms. The third-order valence-corrected chi connectivity index (χ3v) is 4.20. The average Bonchev–Trinajstić information content (AvgIpc) is 3.17. The molecule has 1 heterocycles. The van der Waals surface area contributed by atoms with Gasteiger partial charge in [-0.1, -0.05) is 25.0 Å². The van der Waals surface area contributed by atoms with Crippen LogP contribution in [-0.2, 0) is 6.54 Å². The van der Waals surface area contributed by atoms with Gasteiger partial charge in [-0.2, -0.15) is 10.4 Å². The van der Waals surface area contributed by atoms with Gasteiger partial charge in [-0.3, -0.25) is 4.68 Å². The van der Waals surface area contributed by atoms with E-state index in [-0.39, 0.29) is 0 Å². The topological polar surface area (TPSA) is 44.9 Å². The molecule has 4 nitrogen and oxygen atoms in total. The van der Waals surface area contributed by atoms with Crippen LogP contribution in [0.1, 0.15) is 43.0 Å². The van der Waals surface area contributed by atoms with Crippen molar-refractivity contribution >= 4 is 5.69 Å². The van der Waals surface area contributed by atoms with Gasteiger partial charge in [-0.05, 0) is 31.0 Å². The van der Waals surface area contributed by atoms with Crippen LogP contribution in [0.15, 0.2) is 36.5 Å². The monoisotopic (exact) mass is 280 g/mol. The highest BCUT2D eigenvalue weighted by Crippen LogP contribution is 2.29. The Balaban J connectivity index is 1.73. The lowest BCUT2D eigenvalue weighted by atomic mass is 10.2. The van der Waals surface area contributed by atoms with Gasteiger partial charge in [0.15, 0.2) is 0 Å². The molecule has 1 aromatic heterocycles. The summed E-state index contributed by atoms with van der Waals surface area (Å²) in [4.78, 5) is 2.08. The van der Waals surface area contributed by atoms with Crippen molar-refractivity contribution < 1.29 is 0 Å². The van der Waals surface area contributed by atoms with Crippen molar-refractivity contribution in [1.29, 1.82) is 5.26 Å². The van der Waals surface area contributed by atoms with Gasteiger partial charge >= 0.3 is 0 Å². The van der Waals surface area contributed by atoms with E-state index in [0.717, 1.165) is 17.9 Å². The standard InChI is InChI=1S/C17H20N4/c1-20(17-9-5-2-6-14(17)12-18)13-15-10-11-21(19-15)16-7-3-4-8-16/h2,5-6,9-11,16H,3-4,7-8,13H2,1H3. The number of aromatic nitrogens is 2. The molecule has 0 atom stereocenters. The fourth-order valence-electron chi connectivity index (χ4n) is 3.06. The number of nitriles is 1. The van der Waals surface area contributed by atoms with Crippen LogP contribution in [0, 0.1) is 11.3 Å². The molecule has 0 spiro atoms. The molecular formula is C17H20N4. The summed E-state index contributed by atoms with van der Waals surface area (Å²) in [6.07, 6.45) is 7.21. The summed E-state index contributed by atoms with van der Waals surface area (Å²) < 4.78 is 2.12. The Morgan fingerprint density at radius 2 is 2.05 bits per heavy atom. The first-order chi connectivity index (χ1) is 10.3. The molecule has 0 bridgehead atoms. The first-order valence-corrected chi connectivity index (χ1v) is 7.52. The summed E-state index contributed by atoms with van der Waals surface area (Å²) in [5.74, 6) is 0. The quantitative estimate of drug-likeness (QED) is 0.861. The van der Waals surface area contributed by atoms with Crippen LogP contribution in [-0.4, -0.2) is 16.8 Å². The lowest BCUT2D eigenvalue weighted by Gasteiger charge is -2.19. The fourth-order valence-corrected chi connectivity index (χ4v) is 3.06. The van der Waals surface area contributed by atoms with Crippen molar-refractivity contribution in [3.05, 3.63) is 47.8 Å². The molecule has 0 amide bonds. The van der Waals surface area contributed by atoms with Gasteiger partial charge in [0.2, 0.25) is 0 Å². The Kier molecular flexibility index (Phi) is 3.92. The lowest BCUT2D eigenvalue weighted by Crippen LogP contribution is -2.18. The minimum Gasteiger partial charge on any atom is -0.368 e. The lowest BCUT2D eigenvalue weighted by molar-refractivity contribution is 0.463. The molecule has 3 rings (SSSR count). The Morgan fingerprint density at radius 3 is 2.81 bits per heavy atom. The predicted molar refractivity (Wildman–Crippen MR) is 83.0 cm³/mol. The summed E-state index contributed by atoms with van der Waals surface area (Å²) in [6.45, 7) is 0.721. The molecule has 1 aliphatic rings. The number of anilines is 1. The molecule has 0 saturated heterocycles. The van der Waals surface area contributed by atoms with E-state index >= 15 is 0 Å². The van der Waals surface area contributed by atoms with Crippen LogP contribution in [0.2, 0.25) is 0 Å². The zero-order valence-corrected chi connectivity index (χ0v) is 12.4. The summed E-state index contributed by atoms with van der Waals surface area (Å²) in [5.41, 5.74) is 2.71. The molecule has 0 unspecified atom stereocenters. The summed E-state index contributed by atoms with van der Waals surface area (Å²) >= 11 is 0. The van der Waals surface area contributed by atoms with E-state index in [0.29, 0.717) is 11.6 Å². The van der Waals surface area contributed by atoms with Crippen LogP contribution in [0.4, 0.5) is 5.69 Å². The second-order valence-electron chi connectivity index (χ2n) is 5.71. The molecule has 1 fully saturated rings. The third-order valence-electron chi connectivity index (χ3n) is 4.20. The highest BCUT2D eigenvalue weighted by Gasteiger charge is 2.18. The van der Waals surface area contributed by atoms with Crippen molar-refractivity contribution in [3.63, 3.8) is 0 Å². The molecule has 0 aliphatic heterocycles. The first-order valence-electron chi connectivity index (χ1n) is 7.52. The van der Waals surface area contributed by atoms with Gasteiger partial charge in [0.1, 0.15) is 6.07 Å². The minimum atomic E-state index is 0.579. The molecule has 1 saturated carbocycles. The van der Waals surface area contributed by atoms with Gasteiger partial charge in [-0.25, -0.2) is 0 Å². The van der Waals surface area contributed by atoms with Crippen molar-refractivity contribution in [3.8, 4) is 6.07 Å². The largest absolute Gasteiger partial charge is 0.368 e. The van der Waals surface area contributed by atoms with Crippen molar-refractivity contribution in [2.45, 2.75) is 38.3 Å². The summed E-state index contributed by atoms with van der Waals surface area (Å²) in [7, 11) is 2.00. The maximum absolute atomic E-state index is 9.18. The maximum atomic E-state index is 9.18. The highest BCUT2D eigenvalue weighted by atomic mass is 15.3. The zero-order chi connectivity index (χ0) is 14.7. The van der Waals surface area contributed by atoms with Crippen LogP contribution < -0.4 is 4.90 Å². The third kappa shape index (κ3) is 2.92. The van der Waals surface area contributed by atoms with Crippen molar-refractivity contribution in [2.75, 3.05) is 11.9 Å². The summed E-state index contributed by atoms with van der Waals surface area (Å²) in [6, 6.07) is 12.6. The van der Waals surface area contributed by atoms with Crippen molar-refractivity contribution in [1.82, 2.24) is 9.78 Å². The smallest absolute Gasteiger partial charge is 0.101 e. The molecular weight excluding hydrogens is 260 g/mol. The summed E-state index contributed by atoms with van der Waals surface area (Å²) in [5, 5.41) is 13.9. The predicted octanol–water partition coefficient (Wildman–Crippen LogP) is 3.51. The number of rotatable bonds is 4. The van der Waals surface area contributed by atoms with E-state index < -0.39 is 0 Å². The van der Waals surface area contributed by atoms with Gasteiger partial charge in [0.05, 0.1) is 29.5 Å². The fraction of sp³-hybridized carbons (Fsp3) is 0.412. The number of nitrogens with zero attached hydrogens (tertiary/aromatic N) is 4. The number of hydrogen-bond acceptors (Lipinski definition) is 3. The molecule has 2 aromatic rings. The molecule has 21 heavy (non-hydrogen) atoms. The second kappa shape index (κ2) is 6.01. The van der Waals surface area contributed by atoms with E-state index in [1.165, 1.54) is 25.7 Å². The molecule has 108 valence electrons.